The number of fused-ring (bicyclic) bond motifs is 1. The molecule has 19 heavy (non-hydrogen) atoms. The fourth-order valence-electron chi connectivity index (χ4n) is 1.95. The van der Waals surface area contributed by atoms with Gasteiger partial charge in [-0.25, -0.2) is 4.79 Å². The molecule has 1 atom stereocenters. The Morgan fingerprint density at radius 3 is 2.79 bits per heavy atom. The van der Waals surface area contributed by atoms with Crippen LogP contribution in [-0.4, -0.2) is 33.3 Å². The van der Waals surface area contributed by atoms with Gasteiger partial charge in [0.1, 0.15) is 6.04 Å². The Morgan fingerprint density at radius 2 is 2.11 bits per heavy atom. The maximum atomic E-state index is 11.3. The van der Waals surface area contributed by atoms with Crippen molar-refractivity contribution in [3.63, 3.8) is 0 Å². The van der Waals surface area contributed by atoms with E-state index in [1.807, 2.05) is 24.3 Å². The fraction of sp³-hybridized carbons (Fsp3) is 0.231. The zero-order chi connectivity index (χ0) is 13.8. The van der Waals surface area contributed by atoms with Gasteiger partial charge in [0, 0.05) is 23.5 Å². The van der Waals surface area contributed by atoms with E-state index in [1.54, 1.807) is 6.20 Å². The molecule has 0 fully saturated rings. The van der Waals surface area contributed by atoms with E-state index in [4.69, 9.17) is 5.11 Å². The van der Waals surface area contributed by atoms with Crippen LogP contribution >= 0.6 is 15.9 Å². The Kier molecular flexibility index (Phi) is 4.21. The number of rotatable bonds is 5. The van der Waals surface area contributed by atoms with Crippen molar-refractivity contribution in [2.75, 3.05) is 5.33 Å². The van der Waals surface area contributed by atoms with Crippen molar-refractivity contribution in [3.8, 4) is 0 Å². The molecule has 6 heteroatoms. The monoisotopic (exact) mass is 324 g/mol. The number of alkyl halides is 1. The largest absolute Gasteiger partial charge is 0.480 e. The fourth-order valence-corrected chi connectivity index (χ4v) is 2.12. The third kappa shape index (κ3) is 3.14. The van der Waals surface area contributed by atoms with Crippen LogP contribution in [0.15, 0.2) is 30.5 Å². The van der Waals surface area contributed by atoms with Crippen molar-refractivity contribution < 1.29 is 14.7 Å². The highest BCUT2D eigenvalue weighted by molar-refractivity contribution is 9.09. The topological polar surface area (TPSA) is 82.2 Å². The quantitative estimate of drug-likeness (QED) is 0.732. The molecule has 5 nitrogen and oxygen atoms in total. The van der Waals surface area contributed by atoms with E-state index >= 15 is 0 Å². The molecule has 2 aromatic rings. The number of carboxylic acids is 1. The molecule has 100 valence electrons. The second-order valence-electron chi connectivity index (χ2n) is 4.16. The molecule has 3 N–H and O–H groups in total. The second kappa shape index (κ2) is 5.88. The standard InChI is InChI=1S/C13H13BrN2O3/c14-6-12(17)16-11(13(18)19)5-8-7-15-10-4-2-1-3-9(8)10/h1-4,7,11,15H,5-6H2,(H,16,17)(H,18,19)/t11-/m0/s1. The van der Waals surface area contributed by atoms with Gasteiger partial charge in [-0.15, -0.1) is 0 Å². The Balaban J connectivity index is 2.21. The summed E-state index contributed by atoms with van der Waals surface area (Å²) in [4.78, 5) is 25.5. The number of aliphatic carboxylic acids is 1. The Labute approximate surface area is 118 Å². The highest BCUT2D eigenvalue weighted by Crippen LogP contribution is 2.19. The summed E-state index contributed by atoms with van der Waals surface area (Å²) in [5, 5.41) is 12.7. The summed E-state index contributed by atoms with van der Waals surface area (Å²) >= 11 is 3.00. The van der Waals surface area contributed by atoms with E-state index in [-0.39, 0.29) is 17.7 Å². The minimum atomic E-state index is -1.04. The molecule has 0 saturated heterocycles. The van der Waals surface area contributed by atoms with Crippen molar-refractivity contribution in [2.45, 2.75) is 12.5 Å². The number of para-hydroxylation sites is 1. The van der Waals surface area contributed by atoms with Crippen LogP contribution in [0, 0.1) is 0 Å². The number of hydrogen-bond donors (Lipinski definition) is 3. The molecule has 0 aliphatic heterocycles. The second-order valence-corrected chi connectivity index (χ2v) is 4.72. The van der Waals surface area contributed by atoms with Gasteiger partial charge in [-0.1, -0.05) is 34.1 Å². The van der Waals surface area contributed by atoms with E-state index in [0.717, 1.165) is 16.5 Å². The van der Waals surface area contributed by atoms with Gasteiger partial charge >= 0.3 is 5.97 Å². The van der Waals surface area contributed by atoms with Crippen molar-refractivity contribution >= 4 is 38.7 Å². The van der Waals surface area contributed by atoms with Crippen LogP contribution in [0.4, 0.5) is 0 Å². The first kappa shape index (κ1) is 13.6. The summed E-state index contributed by atoms with van der Waals surface area (Å²) in [7, 11) is 0. The van der Waals surface area contributed by atoms with Crippen molar-refractivity contribution in [3.05, 3.63) is 36.0 Å². The van der Waals surface area contributed by atoms with Gasteiger partial charge in [-0.05, 0) is 11.6 Å². The lowest BCUT2D eigenvalue weighted by Gasteiger charge is -2.13. The average molecular weight is 325 g/mol. The zero-order valence-electron chi connectivity index (χ0n) is 10.0. The summed E-state index contributed by atoms with van der Waals surface area (Å²) in [6.45, 7) is 0. The summed E-state index contributed by atoms with van der Waals surface area (Å²) in [5.74, 6) is -1.38. The van der Waals surface area contributed by atoms with Gasteiger partial charge in [-0.3, -0.25) is 4.79 Å². The van der Waals surface area contributed by atoms with Crippen LogP contribution < -0.4 is 5.32 Å². The van der Waals surface area contributed by atoms with Gasteiger partial charge in [-0.2, -0.15) is 0 Å². The smallest absolute Gasteiger partial charge is 0.326 e. The van der Waals surface area contributed by atoms with Crippen LogP contribution in [0.3, 0.4) is 0 Å². The minimum Gasteiger partial charge on any atom is -0.480 e. The Hall–Kier alpha value is -1.82. The summed E-state index contributed by atoms with van der Waals surface area (Å²) in [5.41, 5.74) is 1.83. The number of aromatic nitrogens is 1. The summed E-state index contributed by atoms with van der Waals surface area (Å²) < 4.78 is 0. The number of hydrogen-bond acceptors (Lipinski definition) is 2. The molecule has 0 radical (unpaired) electrons. The highest BCUT2D eigenvalue weighted by Gasteiger charge is 2.21. The van der Waals surface area contributed by atoms with Crippen molar-refractivity contribution in [1.82, 2.24) is 10.3 Å². The lowest BCUT2D eigenvalue weighted by atomic mass is 10.1. The highest BCUT2D eigenvalue weighted by atomic mass is 79.9. The number of carbonyl (C=O) groups excluding carboxylic acids is 1. The number of carboxylic acid groups (broad SMARTS) is 1. The number of benzene rings is 1. The number of halogens is 1. The molecule has 0 saturated carbocycles. The first-order chi connectivity index (χ1) is 9.11. The molecule has 0 aliphatic carbocycles. The third-order valence-electron chi connectivity index (χ3n) is 2.85. The molecule has 0 spiro atoms. The van der Waals surface area contributed by atoms with Crippen molar-refractivity contribution in [1.29, 1.82) is 0 Å². The minimum absolute atomic E-state index is 0.0880. The molecule has 0 aliphatic rings. The lowest BCUT2D eigenvalue weighted by Crippen LogP contribution is -2.42. The van der Waals surface area contributed by atoms with Crippen LogP contribution in [-0.2, 0) is 16.0 Å². The number of amides is 1. The summed E-state index contributed by atoms with van der Waals surface area (Å²) in [6.07, 6.45) is 2.03. The predicted molar refractivity (Wildman–Crippen MR) is 75.4 cm³/mol. The molecule has 2 rings (SSSR count). The van der Waals surface area contributed by atoms with Crippen LogP contribution in [0.2, 0.25) is 0 Å². The number of carbonyl (C=O) groups is 2. The van der Waals surface area contributed by atoms with E-state index in [9.17, 15) is 9.59 Å². The summed E-state index contributed by atoms with van der Waals surface area (Å²) in [6, 6.07) is 6.72. The van der Waals surface area contributed by atoms with Gasteiger partial charge in [0.25, 0.3) is 0 Å². The SMILES string of the molecule is O=C(CBr)N[C@@H](Cc1c[nH]c2ccccc12)C(=O)O. The lowest BCUT2D eigenvalue weighted by molar-refractivity contribution is -0.141. The Bertz CT molecular complexity index is 609. The Morgan fingerprint density at radius 1 is 1.37 bits per heavy atom. The number of aromatic amines is 1. The van der Waals surface area contributed by atoms with Gasteiger partial charge in [0.15, 0.2) is 0 Å². The molecular formula is C13H13BrN2O3. The number of nitrogens with one attached hydrogen (secondary N) is 2. The number of H-pyrrole nitrogens is 1. The van der Waals surface area contributed by atoms with E-state index in [1.165, 1.54) is 0 Å². The molecular weight excluding hydrogens is 312 g/mol. The van der Waals surface area contributed by atoms with Gasteiger partial charge in [0.05, 0.1) is 5.33 Å². The average Bonchev–Trinajstić information content (AvgIpc) is 2.81. The first-order valence-electron chi connectivity index (χ1n) is 5.75. The van der Waals surface area contributed by atoms with Crippen LogP contribution in [0.25, 0.3) is 10.9 Å². The van der Waals surface area contributed by atoms with E-state index in [2.05, 4.69) is 26.2 Å². The molecule has 1 amide bonds. The van der Waals surface area contributed by atoms with Crippen molar-refractivity contribution in [2.24, 2.45) is 0 Å². The van der Waals surface area contributed by atoms with E-state index < -0.39 is 12.0 Å². The zero-order valence-corrected chi connectivity index (χ0v) is 11.6. The maximum Gasteiger partial charge on any atom is 0.326 e. The molecule has 1 heterocycles. The molecule has 0 unspecified atom stereocenters. The predicted octanol–water partition coefficient (Wildman–Crippen LogP) is 1.67. The third-order valence-corrected chi connectivity index (χ3v) is 3.36. The molecule has 1 aromatic heterocycles. The van der Waals surface area contributed by atoms with Gasteiger partial charge in [0.2, 0.25) is 5.91 Å². The first-order valence-corrected chi connectivity index (χ1v) is 6.87. The van der Waals surface area contributed by atoms with Crippen LogP contribution in [0.5, 0.6) is 0 Å². The molecule has 0 bridgehead atoms. The van der Waals surface area contributed by atoms with Crippen LogP contribution in [0.1, 0.15) is 5.56 Å². The molecule has 1 aromatic carbocycles. The maximum absolute atomic E-state index is 11.3. The normalized spacial score (nSPS) is 12.3. The van der Waals surface area contributed by atoms with Gasteiger partial charge < -0.3 is 15.4 Å². The van der Waals surface area contributed by atoms with E-state index in [0.29, 0.717) is 0 Å².